The molecule has 0 bridgehead atoms. The molecule has 0 saturated carbocycles. The number of amides is 1. The van der Waals surface area contributed by atoms with Crippen molar-refractivity contribution in [2.75, 3.05) is 12.4 Å². The number of nitrogens with one attached hydrogen (secondary N) is 1. The van der Waals surface area contributed by atoms with Gasteiger partial charge < -0.3 is 14.8 Å². The van der Waals surface area contributed by atoms with Crippen LogP contribution in [0.5, 0.6) is 0 Å². The molecule has 1 aliphatic heterocycles. The van der Waals surface area contributed by atoms with Gasteiger partial charge in [0.05, 0.1) is 12.6 Å². The second-order valence-electron chi connectivity index (χ2n) is 3.87. The van der Waals surface area contributed by atoms with E-state index >= 15 is 0 Å². The first-order valence-electron chi connectivity index (χ1n) is 5.49. The Hall–Kier alpha value is -1.20. The van der Waals surface area contributed by atoms with Gasteiger partial charge in [0.1, 0.15) is 12.7 Å². The number of thiol groups is 1. The highest BCUT2D eigenvalue weighted by Gasteiger charge is 2.33. The fourth-order valence-electron chi connectivity index (χ4n) is 1.46. The zero-order chi connectivity index (χ0) is 12.1. The quantitative estimate of drug-likeness (QED) is 0.619. The Morgan fingerprint density at radius 1 is 1.53 bits per heavy atom. The molecule has 1 heterocycles. The largest absolute Gasteiger partial charge is 0.445 e. The molecule has 1 amide bonds. The third kappa shape index (κ3) is 3.94. The highest BCUT2D eigenvalue weighted by Crippen LogP contribution is 2.15. The summed E-state index contributed by atoms with van der Waals surface area (Å²) in [7, 11) is 0. The van der Waals surface area contributed by atoms with E-state index in [0.29, 0.717) is 12.4 Å². The van der Waals surface area contributed by atoms with Crippen LogP contribution >= 0.6 is 12.6 Å². The monoisotopic (exact) mass is 253 g/mol. The standard InChI is InChI=1S/C12H15NO3S/c14-12(13-10(8-17)11-7-15-11)16-6-9-4-2-1-3-5-9/h1-5,10-11,17H,6-8H2,(H,13,14). The first kappa shape index (κ1) is 12.3. The lowest BCUT2D eigenvalue weighted by Crippen LogP contribution is -2.40. The van der Waals surface area contributed by atoms with Crippen LogP contribution < -0.4 is 5.32 Å². The molecule has 17 heavy (non-hydrogen) atoms. The molecule has 1 fully saturated rings. The molecule has 1 aliphatic rings. The number of benzene rings is 1. The molecule has 2 rings (SSSR count). The number of alkyl carbamates (subject to hydrolysis) is 1. The molecule has 4 nitrogen and oxygen atoms in total. The number of epoxide rings is 1. The third-order valence-electron chi connectivity index (χ3n) is 2.52. The van der Waals surface area contributed by atoms with Gasteiger partial charge in [0.25, 0.3) is 0 Å². The smallest absolute Gasteiger partial charge is 0.407 e. The number of carbonyl (C=O) groups is 1. The lowest BCUT2D eigenvalue weighted by Gasteiger charge is -2.13. The van der Waals surface area contributed by atoms with Crippen LogP contribution in [0.15, 0.2) is 30.3 Å². The van der Waals surface area contributed by atoms with E-state index in [1.54, 1.807) is 0 Å². The predicted octanol–water partition coefficient (Wildman–Crippen LogP) is 1.61. The Morgan fingerprint density at radius 2 is 2.24 bits per heavy atom. The average molecular weight is 253 g/mol. The summed E-state index contributed by atoms with van der Waals surface area (Å²) in [6.45, 7) is 0.960. The van der Waals surface area contributed by atoms with Crippen molar-refractivity contribution in [1.29, 1.82) is 0 Å². The lowest BCUT2D eigenvalue weighted by molar-refractivity contribution is 0.134. The minimum absolute atomic E-state index is 0.0680. The molecule has 5 heteroatoms. The van der Waals surface area contributed by atoms with E-state index in [1.807, 2.05) is 30.3 Å². The number of rotatable bonds is 5. The minimum atomic E-state index is -0.427. The summed E-state index contributed by atoms with van der Waals surface area (Å²) >= 11 is 4.16. The molecule has 1 aromatic rings. The molecule has 2 atom stereocenters. The molecule has 2 unspecified atom stereocenters. The maximum Gasteiger partial charge on any atom is 0.407 e. The molecule has 1 N–H and O–H groups in total. The highest BCUT2D eigenvalue weighted by molar-refractivity contribution is 7.80. The van der Waals surface area contributed by atoms with E-state index in [-0.39, 0.29) is 18.8 Å². The van der Waals surface area contributed by atoms with Crippen LogP contribution in [0.3, 0.4) is 0 Å². The minimum Gasteiger partial charge on any atom is -0.445 e. The SMILES string of the molecule is O=C(NC(CS)C1CO1)OCc1ccccc1. The Labute approximate surface area is 106 Å². The van der Waals surface area contributed by atoms with Crippen LogP contribution in [-0.4, -0.2) is 30.6 Å². The van der Waals surface area contributed by atoms with Gasteiger partial charge in [-0.3, -0.25) is 0 Å². The molecular weight excluding hydrogens is 238 g/mol. The van der Waals surface area contributed by atoms with Gasteiger partial charge in [-0.1, -0.05) is 30.3 Å². The summed E-state index contributed by atoms with van der Waals surface area (Å²) in [4.78, 5) is 11.5. The Morgan fingerprint density at radius 3 is 2.82 bits per heavy atom. The fourth-order valence-corrected chi connectivity index (χ4v) is 1.79. The van der Waals surface area contributed by atoms with Crippen LogP contribution in [0.2, 0.25) is 0 Å². The van der Waals surface area contributed by atoms with Crippen molar-refractivity contribution < 1.29 is 14.3 Å². The first-order chi connectivity index (χ1) is 8.29. The van der Waals surface area contributed by atoms with Gasteiger partial charge in [0, 0.05) is 5.75 Å². The molecule has 92 valence electrons. The van der Waals surface area contributed by atoms with E-state index in [4.69, 9.17) is 9.47 Å². The zero-order valence-electron chi connectivity index (χ0n) is 9.33. The first-order valence-corrected chi connectivity index (χ1v) is 6.12. The number of hydrogen-bond donors (Lipinski definition) is 2. The van der Waals surface area contributed by atoms with Crippen molar-refractivity contribution in [3.8, 4) is 0 Å². The van der Waals surface area contributed by atoms with Crippen LogP contribution in [0, 0.1) is 0 Å². The van der Waals surface area contributed by atoms with E-state index in [1.165, 1.54) is 0 Å². The third-order valence-corrected chi connectivity index (χ3v) is 2.91. The second kappa shape index (κ2) is 5.93. The second-order valence-corrected chi connectivity index (χ2v) is 4.23. The van der Waals surface area contributed by atoms with Crippen LogP contribution in [-0.2, 0) is 16.1 Å². The van der Waals surface area contributed by atoms with Crippen molar-refractivity contribution in [2.45, 2.75) is 18.8 Å². The van der Waals surface area contributed by atoms with Crippen molar-refractivity contribution in [1.82, 2.24) is 5.32 Å². The van der Waals surface area contributed by atoms with Crippen molar-refractivity contribution in [2.24, 2.45) is 0 Å². The lowest BCUT2D eigenvalue weighted by atomic mass is 10.2. The normalized spacial score (nSPS) is 19.5. The van der Waals surface area contributed by atoms with E-state index in [0.717, 1.165) is 5.56 Å². The van der Waals surface area contributed by atoms with E-state index in [2.05, 4.69) is 17.9 Å². The Bertz CT molecular complexity index is 367. The van der Waals surface area contributed by atoms with Gasteiger partial charge in [-0.15, -0.1) is 0 Å². The zero-order valence-corrected chi connectivity index (χ0v) is 10.2. The van der Waals surface area contributed by atoms with Gasteiger partial charge >= 0.3 is 6.09 Å². The summed E-state index contributed by atoms with van der Waals surface area (Å²) in [6.07, 6.45) is -0.333. The summed E-state index contributed by atoms with van der Waals surface area (Å²) in [5, 5.41) is 2.74. The maximum atomic E-state index is 11.5. The molecule has 0 radical (unpaired) electrons. The Balaban J connectivity index is 1.73. The highest BCUT2D eigenvalue weighted by atomic mass is 32.1. The van der Waals surface area contributed by atoms with Gasteiger partial charge in [0.15, 0.2) is 0 Å². The molecule has 1 saturated heterocycles. The summed E-state index contributed by atoms with van der Waals surface area (Å²) in [5.41, 5.74) is 0.966. The fraction of sp³-hybridized carbons (Fsp3) is 0.417. The number of carbonyl (C=O) groups excluding carboxylic acids is 1. The average Bonchev–Trinajstić information content (AvgIpc) is 3.19. The molecule has 1 aromatic carbocycles. The summed E-state index contributed by atoms with van der Waals surface area (Å²) in [5.74, 6) is 0.547. The number of hydrogen-bond acceptors (Lipinski definition) is 4. The van der Waals surface area contributed by atoms with E-state index in [9.17, 15) is 4.79 Å². The van der Waals surface area contributed by atoms with Gasteiger partial charge in [-0.25, -0.2) is 4.79 Å². The number of ether oxygens (including phenoxy) is 2. The Kier molecular flexibility index (Phi) is 4.28. The van der Waals surface area contributed by atoms with Crippen LogP contribution in [0.1, 0.15) is 5.56 Å². The summed E-state index contributed by atoms with van der Waals surface area (Å²) < 4.78 is 10.2. The van der Waals surface area contributed by atoms with E-state index < -0.39 is 6.09 Å². The van der Waals surface area contributed by atoms with Crippen molar-refractivity contribution in [3.05, 3.63) is 35.9 Å². The van der Waals surface area contributed by atoms with Crippen molar-refractivity contribution >= 4 is 18.7 Å². The molecule has 0 spiro atoms. The summed E-state index contributed by atoms with van der Waals surface area (Å²) in [6, 6.07) is 9.49. The molecular formula is C12H15NO3S. The van der Waals surface area contributed by atoms with Crippen LogP contribution in [0.4, 0.5) is 4.79 Å². The van der Waals surface area contributed by atoms with Gasteiger partial charge in [0.2, 0.25) is 0 Å². The predicted molar refractivity (Wildman–Crippen MR) is 67.1 cm³/mol. The van der Waals surface area contributed by atoms with Crippen LogP contribution in [0.25, 0.3) is 0 Å². The van der Waals surface area contributed by atoms with Gasteiger partial charge in [-0.05, 0) is 5.56 Å². The topological polar surface area (TPSA) is 50.9 Å². The van der Waals surface area contributed by atoms with Gasteiger partial charge in [-0.2, -0.15) is 12.6 Å². The molecule has 0 aliphatic carbocycles. The molecule has 0 aromatic heterocycles. The maximum absolute atomic E-state index is 11.5. The van der Waals surface area contributed by atoms with Crippen molar-refractivity contribution in [3.63, 3.8) is 0 Å².